The maximum absolute atomic E-state index is 5.98. The van der Waals surface area contributed by atoms with Gasteiger partial charge in [0.05, 0.1) is 0 Å². The monoisotopic (exact) mass is 266 g/mol. The molecule has 1 aromatic heterocycles. The topological polar surface area (TPSA) is 16.1 Å². The Morgan fingerprint density at radius 1 is 1.39 bits per heavy atom. The first-order chi connectivity index (χ1) is 8.76. The van der Waals surface area contributed by atoms with Crippen LogP contribution in [0.2, 0.25) is 0 Å². The van der Waals surface area contributed by atoms with Crippen LogP contribution in [0, 0.1) is 5.92 Å². The maximum atomic E-state index is 5.98. The molecule has 0 saturated carbocycles. The number of hydrogen-bond donors (Lipinski definition) is 0. The van der Waals surface area contributed by atoms with Crippen LogP contribution in [0.3, 0.4) is 0 Å². The summed E-state index contributed by atoms with van der Waals surface area (Å²) in [6.45, 7) is 6.72. The molecule has 0 spiro atoms. The summed E-state index contributed by atoms with van der Waals surface area (Å²) in [6, 6.07) is 4.28. The number of piperidine rings is 1. The third-order valence-electron chi connectivity index (χ3n) is 3.86. The minimum absolute atomic E-state index is 0.577. The second-order valence-corrected chi connectivity index (χ2v) is 5.44. The summed E-state index contributed by atoms with van der Waals surface area (Å²) in [5, 5.41) is 0. The first-order valence-corrected chi connectivity index (χ1v) is 7.61. The molecule has 1 aliphatic rings. The zero-order chi connectivity index (χ0) is 13.0. The minimum atomic E-state index is 0.577. The van der Waals surface area contributed by atoms with Crippen LogP contribution >= 0.6 is 11.6 Å². The lowest BCUT2D eigenvalue weighted by molar-refractivity contribution is 0.403. The molecule has 0 aromatic carbocycles. The maximum Gasteiger partial charge on any atom is 0.129 e. The van der Waals surface area contributed by atoms with Crippen LogP contribution in [0.5, 0.6) is 0 Å². The van der Waals surface area contributed by atoms with Gasteiger partial charge in [0.25, 0.3) is 0 Å². The van der Waals surface area contributed by atoms with Crippen LogP contribution in [0.25, 0.3) is 0 Å². The summed E-state index contributed by atoms with van der Waals surface area (Å²) in [4.78, 5) is 7.20. The molecule has 1 unspecified atom stereocenters. The van der Waals surface area contributed by atoms with Crippen molar-refractivity contribution in [1.82, 2.24) is 4.98 Å². The molecular weight excluding hydrogens is 244 g/mol. The van der Waals surface area contributed by atoms with E-state index in [2.05, 4.69) is 30.9 Å². The molecule has 18 heavy (non-hydrogen) atoms. The summed E-state index contributed by atoms with van der Waals surface area (Å²) in [7, 11) is 0. The Labute approximate surface area is 115 Å². The lowest BCUT2D eigenvalue weighted by Crippen LogP contribution is -2.35. The second-order valence-electron chi connectivity index (χ2n) is 5.17. The fraction of sp³-hybridized carbons (Fsp3) is 0.667. The zero-order valence-electron chi connectivity index (χ0n) is 11.5. The molecule has 0 bridgehead atoms. The van der Waals surface area contributed by atoms with Gasteiger partial charge in [-0.15, -0.1) is 11.6 Å². The average Bonchev–Trinajstić information content (AvgIpc) is 2.46. The molecule has 3 heteroatoms. The Morgan fingerprint density at radius 3 is 2.89 bits per heavy atom. The number of aromatic nitrogens is 1. The van der Waals surface area contributed by atoms with Gasteiger partial charge in [0.2, 0.25) is 0 Å². The third kappa shape index (κ3) is 3.17. The Bertz CT molecular complexity index is 370. The lowest BCUT2D eigenvalue weighted by atomic mass is 9.95. The van der Waals surface area contributed by atoms with Crippen LogP contribution in [0.1, 0.15) is 44.4 Å². The second kappa shape index (κ2) is 6.42. The molecule has 0 radical (unpaired) electrons. The molecular formula is C15H23ClN2. The van der Waals surface area contributed by atoms with Crippen LogP contribution in [0.15, 0.2) is 12.1 Å². The Balaban J connectivity index is 2.20. The van der Waals surface area contributed by atoms with E-state index in [4.69, 9.17) is 16.6 Å². The summed E-state index contributed by atoms with van der Waals surface area (Å²) in [6.07, 6.45) is 4.89. The molecule has 1 aliphatic heterocycles. The number of anilines is 1. The number of nitrogens with zero attached hydrogens (tertiary/aromatic N) is 2. The molecule has 0 aliphatic carbocycles. The Hall–Kier alpha value is -0.760. The quantitative estimate of drug-likeness (QED) is 0.766. The van der Waals surface area contributed by atoms with Gasteiger partial charge in [0.15, 0.2) is 0 Å². The van der Waals surface area contributed by atoms with Crippen molar-refractivity contribution < 1.29 is 0 Å². The molecule has 1 fully saturated rings. The van der Waals surface area contributed by atoms with Gasteiger partial charge in [-0.3, -0.25) is 0 Å². The first kappa shape index (κ1) is 13.7. The molecule has 1 aromatic rings. The van der Waals surface area contributed by atoms with Crippen LogP contribution in [-0.2, 0) is 12.3 Å². The highest BCUT2D eigenvalue weighted by molar-refractivity contribution is 6.17. The van der Waals surface area contributed by atoms with Gasteiger partial charge in [-0.25, -0.2) is 4.98 Å². The van der Waals surface area contributed by atoms with Crippen molar-refractivity contribution in [3.05, 3.63) is 23.4 Å². The highest BCUT2D eigenvalue weighted by Crippen LogP contribution is 2.25. The van der Waals surface area contributed by atoms with E-state index >= 15 is 0 Å². The molecule has 2 nitrogen and oxygen atoms in total. The standard InChI is InChI=1S/C15H23ClN2/c1-3-12-6-5-7-18(11-12)15-9-13(10-16)8-14(4-2)17-15/h8-9,12H,3-7,10-11H2,1-2H3. The van der Waals surface area contributed by atoms with Gasteiger partial charge >= 0.3 is 0 Å². The normalized spacial score (nSPS) is 20.2. The van der Waals surface area contributed by atoms with Gasteiger partial charge in [0, 0.05) is 24.7 Å². The van der Waals surface area contributed by atoms with Gasteiger partial charge < -0.3 is 4.90 Å². The summed E-state index contributed by atoms with van der Waals surface area (Å²) in [5.74, 6) is 2.53. The largest absolute Gasteiger partial charge is 0.356 e. The minimum Gasteiger partial charge on any atom is -0.356 e. The van der Waals surface area contributed by atoms with E-state index in [9.17, 15) is 0 Å². The third-order valence-corrected chi connectivity index (χ3v) is 4.17. The van der Waals surface area contributed by atoms with Gasteiger partial charge in [0.1, 0.15) is 5.82 Å². The molecule has 2 rings (SSSR count). The van der Waals surface area contributed by atoms with Gasteiger partial charge in [-0.1, -0.05) is 20.3 Å². The van der Waals surface area contributed by atoms with E-state index in [-0.39, 0.29) is 0 Å². The van der Waals surface area contributed by atoms with E-state index in [1.165, 1.54) is 24.8 Å². The highest BCUT2D eigenvalue weighted by Gasteiger charge is 2.20. The van der Waals surface area contributed by atoms with Crippen molar-refractivity contribution in [2.45, 2.75) is 45.4 Å². The van der Waals surface area contributed by atoms with Crippen LogP contribution in [-0.4, -0.2) is 18.1 Å². The lowest BCUT2D eigenvalue weighted by Gasteiger charge is -2.33. The molecule has 1 atom stereocenters. The number of hydrogen-bond acceptors (Lipinski definition) is 2. The van der Waals surface area contributed by atoms with Crippen molar-refractivity contribution in [2.24, 2.45) is 5.92 Å². The number of rotatable bonds is 4. The molecule has 2 heterocycles. The fourth-order valence-electron chi connectivity index (χ4n) is 2.66. The van der Waals surface area contributed by atoms with E-state index in [0.29, 0.717) is 5.88 Å². The predicted octanol–water partition coefficient (Wildman–Crippen LogP) is 4.01. The molecule has 1 saturated heterocycles. The van der Waals surface area contributed by atoms with E-state index in [1.54, 1.807) is 0 Å². The SMILES string of the molecule is CCc1cc(CCl)cc(N2CCCC(CC)C2)n1. The van der Waals surface area contributed by atoms with Crippen molar-refractivity contribution in [1.29, 1.82) is 0 Å². The Morgan fingerprint density at radius 2 is 2.22 bits per heavy atom. The van der Waals surface area contributed by atoms with E-state index in [1.807, 2.05) is 0 Å². The van der Waals surface area contributed by atoms with Crippen molar-refractivity contribution >= 4 is 17.4 Å². The smallest absolute Gasteiger partial charge is 0.129 e. The van der Waals surface area contributed by atoms with E-state index in [0.717, 1.165) is 36.9 Å². The molecule has 0 amide bonds. The van der Waals surface area contributed by atoms with Crippen molar-refractivity contribution in [3.63, 3.8) is 0 Å². The number of pyridine rings is 1. The highest BCUT2D eigenvalue weighted by atomic mass is 35.5. The number of aryl methyl sites for hydroxylation is 1. The molecule has 0 N–H and O–H groups in total. The first-order valence-electron chi connectivity index (χ1n) is 7.07. The van der Waals surface area contributed by atoms with Gasteiger partial charge in [-0.05, 0) is 42.9 Å². The molecule has 100 valence electrons. The number of alkyl halides is 1. The van der Waals surface area contributed by atoms with Crippen molar-refractivity contribution in [2.75, 3.05) is 18.0 Å². The van der Waals surface area contributed by atoms with Gasteiger partial charge in [-0.2, -0.15) is 0 Å². The zero-order valence-corrected chi connectivity index (χ0v) is 12.2. The van der Waals surface area contributed by atoms with E-state index < -0.39 is 0 Å². The summed E-state index contributed by atoms with van der Waals surface area (Å²) in [5.41, 5.74) is 2.35. The van der Waals surface area contributed by atoms with Crippen molar-refractivity contribution in [3.8, 4) is 0 Å². The summed E-state index contributed by atoms with van der Waals surface area (Å²) >= 11 is 5.98. The average molecular weight is 267 g/mol. The predicted molar refractivity (Wildman–Crippen MR) is 78.4 cm³/mol. The Kier molecular flexibility index (Phi) is 4.87. The van der Waals surface area contributed by atoms with Crippen LogP contribution in [0.4, 0.5) is 5.82 Å². The van der Waals surface area contributed by atoms with Crippen LogP contribution < -0.4 is 4.90 Å². The summed E-state index contributed by atoms with van der Waals surface area (Å²) < 4.78 is 0. The number of halogens is 1. The fourth-order valence-corrected chi connectivity index (χ4v) is 2.81.